The molecule has 0 spiro atoms. The molecule has 3 rings (SSSR count). The number of carbonyl (C=O) groups is 1. The first-order valence-corrected chi connectivity index (χ1v) is 11.1. The second-order valence-electron chi connectivity index (χ2n) is 9.03. The van der Waals surface area contributed by atoms with E-state index in [0.29, 0.717) is 18.8 Å². The molecule has 0 unspecified atom stereocenters. The lowest BCUT2D eigenvalue weighted by Crippen LogP contribution is -2.39. The number of carbonyl (C=O) groups excluding carboxylic acids is 1. The Morgan fingerprint density at radius 2 is 1.84 bits per heavy atom. The second kappa shape index (κ2) is 9.82. The van der Waals surface area contributed by atoms with E-state index in [1.165, 1.54) is 18.2 Å². The number of rotatable bonds is 7. The first-order chi connectivity index (χ1) is 15.2. The van der Waals surface area contributed by atoms with Gasteiger partial charge < -0.3 is 24.2 Å². The van der Waals surface area contributed by atoms with Crippen LogP contribution in [0.4, 0.5) is 4.79 Å². The highest BCUT2D eigenvalue weighted by molar-refractivity contribution is 5.68. The molecular weight excluding hydrogens is 406 g/mol. The van der Waals surface area contributed by atoms with Crippen LogP contribution in [-0.4, -0.2) is 55.6 Å². The Hall–Kier alpha value is -2.73. The van der Waals surface area contributed by atoms with Gasteiger partial charge in [0.15, 0.2) is 5.76 Å². The third-order valence-corrected chi connectivity index (χ3v) is 6.94. The van der Waals surface area contributed by atoms with E-state index in [-0.39, 0.29) is 12.0 Å². The van der Waals surface area contributed by atoms with Gasteiger partial charge in [-0.2, -0.15) is 0 Å². The third-order valence-electron chi connectivity index (χ3n) is 6.94. The molecule has 0 bridgehead atoms. The van der Waals surface area contributed by atoms with Crippen LogP contribution in [0, 0.1) is 11.3 Å². The lowest BCUT2D eigenvalue weighted by Gasteiger charge is -2.33. The monoisotopic (exact) mass is 441 g/mol. The number of aliphatic hydroxyl groups excluding tert-OH is 1. The van der Waals surface area contributed by atoms with Gasteiger partial charge in [-0.1, -0.05) is 43.8 Å². The van der Waals surface area contributed by atoms with Crippen molar-refractivity contribution < 1.29 is 24.1 Å². The van der Waals surface area contributed by atoms with Crippen molar-refractivity contribution in [3.05, 3.63) is 71.2 Å². The number of hydrogen-bond acceptors (Lipinski definition) is 5. The number of likely N-dealkylation sites (tertiary alicyclic amines) is 1. The number of aliphatic hydroxyl groups is 1. The van der Waals surface area contributed by atoms with Crippen molar-refractivity contribution in [3.8, 4) is 0 Å². The standard InChI is InChI=1S/C26H35NO5/c1-17(23-15-27(25(29)31-6)16-26(23,4)19(3)28)11-12-24(30-5)18(2)32-22-13-20-9-7-8-10-21(20)14-22/h7-12,19,22-23,28H,1,13-16H2,2-6H3/b12-11-,24-18-/t19-,23+,26+/m1/s1. The van der Waals surface area contributed by atoms with Crippen LogP contribution in [0.2, 0.25) is 0 Å². The molecule has 1 saturated heterocycles. The smallest absolute Gasteiger partial charge is 0.409 e. The van der Waals surface area contributed by atoms with Gasteiger partial charge >= 0.3 is 6.09 Å². The Kier molecular flexibility index (Phi) is 7.34. The number of amides is 1. The number of ether oxygens (including phenoxy) is 3. The van der Waals surface area contributed by atoms with E-state index in [2.05, 4.69) is 30.8 Å². The van der Waals surface area contributed by atoms with Gasteiger partial charge in [-0.05, 0) is 36.6 Å². The van der Waals surface area contributed by atoms with Gasteiger partial charge in [0.25, 0.3) is 0 Å². The van der Waals surface area contributed by atoms with Crippen molar-refractivity contribution in [1.29, 1.82) is 0 Å². The fraction of sp³-hybridized carbons (Fsp3) is 0.500. The fourth-order valence-corrected chi connectivity index (χ4v) is 4.79. The Morgan fingerprint density at radius 3 is 2.38 bits per heavy atom. The van der Waals surface area contributed by atoms with Crippen LogP contribution in [0.15, 0.2) is 60.1 Å². The normalized spacial score (nSPS) is 24.8. The van der Waals surface area contributed by atoms with Gasteiger partial charge in [-0.15, -0.1) is 0 Å². The van der Waals surface area contributed by atoms with Crippen molar-refractivity contribution in [1.82, 2.24) is 4.90 Å². The summed E-state index contributed by atoms with van der Waals surface area (Å²) in [6, 6.07) is 8.42. The molecule has 6 heteroatoms. The predicted molar refractivity (Wildman–Crippen MR) is 124 cm³/mol. The summed E-state index contributed by atoms with van der Waals surface area (Å²) in [5.41, 5.74) is 2.97. The minimum absolute atomic E-state index is 0.0936. The third kappa shape index (κ3) is 4.85. The van der Waals surface area contributed by atoms with Crippen LogP contribution < -0.4 is 0 Å². The van der Waals surface area contributed by atoms with E-state index < -0.39 is 17.6 Å². The molecule has 6 nitrogen and oxygen atoms in total. The molecule has 1 amide bonds. The summed E-state index contributed by atoms with van der Waals surface area (Å²) in [5.74, 6) is 1.24. The molecule has 0 aromatic heterocycles. The van der Waals surface area contributed by atoms with E-state index in [0.717, 1.165) is 24.2 Å². The molecule has 1 fully saturated rings. The number of allylic oxidation sites excluding steroid dienone is 3. The van der Waals surface area contributed by atoms with Gasteiger partial charge in [0.05, 0.1) is 20.3 Å². The van der Waals surface area contributed by atoms with Crippen LogP contribution in [-0.2, 0) is 27.1 Å². The molecule has 1 aliphatic heterocycles. The molecule has 1 aromatic carbocycles. The SMILES string of the molecule is C=C(/C=C\C(OC)=C(/C)OC1Cc2ccccc2C1)[C@@H]1CN(C(=O)OC)C[C@@]1(C)[C@@H](C)O. The van der Waals surface area contributed by atoms with Gasteiger partial charge in [-0.3, -0.25) is 0 Å². The maximum absolute atomic E-state index is 12.1. The molecule has 3 atom stereocenters. The maximum atomic E-state index is 12.1. The Labute approximate surface area is 191 Å². The summed E-state index contributed by atoms with van der Waals surface area (Å²) in [4.78, 5) is 13.7. The minimum atomic E-state index is -0.612. The molecule has 0 saturated carbocycles. The molecule has 2 aliphatic rings. The average molecular weight is 442 g/mol. The van der Waals surface area contributed by atoms with Crippen molar-refractivity contribution in [2.75, 3.05) is 27.3 Å². The first kappa shape index (κ1) is 23.9. The zero-order valence-electron chi connectivity index (χ0n) is 19.8. The highest BCUT2D eigenvalue weighted by Gasteiger charge is 2.48. The predicted octanol–water partition coefficient (Wildman–Crippen LogP) is 4.25. The topological polar surface area (TPSA) is 68.2 Å². The van der Waals surface area contributed by atoms with Gasteiger partial charge in [0.2, 0.25) is 0 Å². The van der Waals surface area contributed by atoms with Crippen molar-refractivity contribution >= 4 is 6.09 Å². The number of benzene rings is 1. The lowest BCUT2D eigenvalue weighted by atomic mass is 9.72. The summed E-state index contributed by atoms with van der Waals surface area (Å²) in [5, 5.41) is 10.5. The van der Waals surface area contributed by atoms with Crippen molar-refractivity contribution in [3.63, 3.8) is 0 Å². The van der Waals surface area contributed by atoms with E-state index in [9.17, 15) is 9.90 Å². The summed E-state index contributed by atoms with van der Waals surface area (Å²) in [7, 11) is 2.98. The Bertz CT molecular complexity index is 894. The van der Waals surface area contributed by atoms with Gasteiger partial charge in [0.1, 0.15) is 11.9 Å². The molecule has 1 heterocycles. The quantitative estimate of drug-likeness (QED) is 0.506. The van der Waals surface area contributed by atoms with E-state index >= 15 is 0 Å². The van der Waals surface area contributed by atoms with E-state index in [1.54, 1.807) is 18.9 Å². The molecule has 32 heavy (non-hydrogen) atoms. The van der Waals surface area contributed by atoms with E-state index in [1.807, 2.05) is 26.0 Å². The number of fused-ring (bicyclic) bond motifs is 1. The minimum Gasteiger partial charge on any atom is -0.493 e. The van der Waals surface area contributed by atoms with Crippen LogP contribution in [0.25, 0.3) is 0 Å². The number of hydrogen-bond donors (Lipinski definition) is 1. The van der Waals surface area contributed by atoms with Gasteiger partial charge in [-0.25, -0.2) is 4.79 Å². The van der Waals surface area contributed by atoms with Crippen molar-refractivity contribution in [2.24, 2.45) is 11.3 Å². The highest BCUT2D eigenvalue weighted by atomic mass is 16.5. The summed E-state index contributed by atoms with van der Waals surface area (Å²) in [6.07, 6.45) is 4.60. The second-order valence-corrected chi connectivity index (χ2v) is 9.03. The van der Waals surface area contributed by atoms with E-state index in [4.69, 9.17) is 14.2 Å². The van der Waals surface area contributed by atoms with Gasteiger partial charge in [0, 0.05) is 37.3 Å². The molecule has 1 aliphatic carbocycles. The molecular formula is C26H35NO5. The summed E-state index contributed by atoms with van der Waals surface area (Å²) < 4.78 is 16.7. The average Bonchev–Trinajstić information content (AvgIpc) is 3.34. The summed E-state index contributed by atoms with van der Waals surface area (Å²) >= 11 is 0. The zero-order valence-corrected chi connectivity index (χ0v) is 19.8. The van der Waals surface area contributed by atoms with Crippen molar-refractivity contribution in [2.45, 2.75) is 45.8 Å². The van der Waals surface area contributed by atoms with Crippen LogP contribution in [0.1, 0.15) is 31.9 Å². The fourth-order valence-electron chi connectivity index (χ4n) is 4.79. The highest BCUT2D eigenvalue weighted by Crippen LogP contribution is 2.43. The van der Waals surface area contributed by atoms with Crippen LogP contribution >= 0.6 is 0 Å². The lowest BCUT2D eigenvalue weighted by molar-refractivity contribution is 0.0392. The maximum Gasteiger partial charge on any atom is 0.409 e. The summed E-state index contributed by atoms with van der Waals surface area (Å²) in [6.45, 7) is 10.7. The Morgan fingerprint density at radius 1 is 1.22 bits per heavy atom. The molecule has 1 aromatic rings. The molecule has 1 N–H and O–H groups in total. The Balaban J connectivity index is 1.71. The molecule has 0 radical (unpaired) electrons. The zero-order chi connectivity index (χ0) is 23.5. The molecule has 174 valence electrons. The number of methoxy groups -OCH3 is 2. The largest absolute Gasteiger partial charge is 0.493 e. The first-order valence-electron chi connectivity index (χ1n) is 11.1. The number of nitrogens with zero attached hydrogens (tertiary/aromatic N) is 1. The van der Waals surface area contributed by atoms with Crippen LogP contribution in [0.3, 0.4) is 0 Å². The van der Waals surface area contributed by atoms with Crippen LogP contribution in [0.5, 0.6) is 0 Å².